The van der Waals surface area contributed by atoms with Crippen molar-refractivity contribution in [1.29, 1.82) is 0 Å². The van der Waals surface area contributed by atoms with Crippen molar-refractivity contribution < 1.29 is 24.2 Å². The molecule has 1 heterocycles. The van der Waals surface area contributed by atoms with E-state index in [0.717, 1.165) is 12.8 Å². The number of carbonyl (C=O) groups is 2. The molecule has 1 rings (SSSR count). The number of allylic oxidation sites excluding steroid dienone is 2. The number of hydrogen-bond donors (Lipinski definition) is 1. The van der Waals surface area contributed by atoms with E-state index in [1.165, 1.54) is 0 Å². The maximum atomic E-state index is 11.9. The van der Waals surface area contributed by atoms with Gasteiger partial charge in [-0.25, -0.2) is 0 Å². The van der Waals surface area contributed by atoms with Crippen molar-refractivity contribution in [2.24, 2.45) is 11.8 Å². The molecule has 3 atom stereocenters. The minimum absolute atomic E-state index is 0.0636. The first kappa shape index (κ1) is 16.7. The van der Waals surface area contributed by atoms with Crippen molar-refractivity contribution in [2.75, 3.05) is 13.2 Å². The zero-order valence-corrected chi connectivity index (χ0v) is 12.2. The van der Waals surface area contributed by atoms with Gasteiger partial charge in [-0.05, 0) is 25.2 Å². The van der Waals surface area contributed by atoms with E-state index in [0.29, 0.717) is 6.42 Å². The molecular formula is C15H24O5. The van der Waals surface area contributed by atoms with Crippen molar-refractivity contribution in [1.82, 2.24) is 0 Å². The number of ether oxygens (including phenoxy) is 2. The van der Waals surface area contributed by atoms with Crippen LogP contribution in [0.1, 0.15) is 39.5 Å². The molecular weight excluding hydrogens is 260 g/mol. The van der Waals surface area contributed by atoms with Gasteiger partial charge in [0.2, 0.25) is 0 Å². The number of aliphatic hydroxyl groups is 1. The zero-order chi connectivity index (χ0) is 15.0. The van der Waals surface area contributed by atoms with Gasteiger partial charge in [0.05, 0.1) is 6.61 Å². The third-order valence-electron chi connectivity index (χ3n) is 3.66. The van der Waals surface area contributed by atoms with Crippen LogP contribution in [0.25, 0.3) is 0 Å². The van der Waals surface area contributed by atoms with Gasteiger partial charge in [-0.3, -0.25) is 9.59 Å². The van der Waals surface area contributed by atoms with E-state index in [9.17, 15) is 9.59 Å². The highest BCUT2D eigenvalue weighted by atomic mass is 16.6. The minimum atomic E-state index is -0.757. The van der Waals surface area contributed by atoms with E-state index in [2.05, 4.69) is 0 Å². The maximum Gasteiger partial charge on any atom is 0.306 e. The first-order chi connectivity index (χ1) is 9.60. The van der Waals surface area contributed by atoms with Crippen LogP contribution < -0.4 is 0 Å². The first-order valence-corrected chi connectivity index (χ1v) is 7.17. The smallest absolute Gasteiger partial charge is 0.306 e. The highest BCUT2D eigenvalue weighted by molar-refractivity contribution is 5.72. The van der Waals surface area contributed by atoms with Crippen molar-refractivity contribution in [3.8, 4) is 0 Å². The topological polar surface area (TPSA) is 72.8 Å². The van der Waals surface area contributed by atoms with Crippen molar-refractivity contribution in [2.45, 2.75) is 45.6 Å². The fourth-order valence-corrected chi connectivity index (χ4v) is 2.43. The summed E-state index contributed by atoms with van der Waals surface area (Å²) >= 11 is 0. The highest BCUT2D eigenvalue weighted by Crippen LogP contribution is 2.28. The Kier molecular flexibility index (Phi) is 7.30. The largest absolute Gasteiger partial charge is 0.462 e. The lowest BCUT2D eigenvalue weighted by Gasteiger charge is -2.27. The third kappa shape index (κ3) is 5.33. The number of hydrogen-bond acceptors (Lipinski definition) is 5. The number of esters is 2. The van der Waals surface area contributed by atoms with Gasteiger partial charge in [-0.15, -0.1) is 0 Å². The second kappa shape index (κ2) is 8.74. The van der Waals surface area contributed by atoms with Crippen LogP contribution in [0, 0.1) is 11.8 Å². The van der Waals surface area contributed by atoms with Crippen molar-refractivity contribution in [3.63, 3.8) is 0 Å². The molecule has 1 fully saturated rings. The molecule has 1 aliphatic rings. The molecule has 114 valence electrons. The van der Waals surface area contributed by atoms with Crippen LogP contribution in [0.3, 0.4) is 0 Å². The predicted octanol–water partition coefficient (Wildman–Crippen LogP) is 1.84. The second-order valence-electron chi connectivity index (χ2n) is 5.12. The second-order valence-corrected chi connectivity index (χ2v) is 5.12. The SMILES string of the molecule is CC=CCC1CC(=O)OC(CO)COC(=O)CC1CC. The molecule has 3 unspecified atom stereocenters. The Hall–Kier alpha value is -1.36. The number of carbonyl (C=O) groups excluding carboxylic acids is 2. The molecule has 20 heavy (non-hydrogen) atoms. The Bertz CT molecular complexity index is 350. The van der Waals surface area contributed by atoms with Gasteiger partial charge in [0.1, 0.15) is 6.61 Å². The Balaban J connectivity index is 2.82. The molecule has 0 bridgehead atoms. The molecule has 1 saturated heterocycles. The molecule has 1 aliphatic heterocycles. The van der Waals surface area contributed by atoms with E-state index in [4.69, 9.17) is 14.6 Å². The maximum absolute atomic E-state index is 11.9. The molecule has 0 saturated carbocycles. The lowest BCUT2D eigenvalue weighted by molar-refractivity contribution is -0.165. The zero-order valence-electron chi connectivity index (χ0n) is 12.2. The predicted molar refractivity (Wildman–Crippen MR) is 73.9 cm³/mol. The molecule has 0 aromatic carbocycles. The molecule has 5 nitrogen and oxygen atoms in total. The van der Waals surface area contributed by atoms with E-state index in [1.807, 2.05) is 26.0 Å². The molecule has 0 aliphatic carbocycles. The Morgan fingerprint density at radius 1 is 1.25 bits per heavy atom. The van der Waals surface area contributed by atoms with Crippen LogP contribution in [0.15, 0.2) is 12.2 Å². The quantitative estimate of drug-likeness (QED) is 0.630. The fraction of sp³-hybridized carbons (Fsp3) is 0.733. The summed E-state index contributed by atoms with van der Waals surface area (Å²) in [5.74, 6) is -0.459. The summed E-state index contributed by atoms with van der Waals surface area (Å²) in [6, 6.07) is 0. The standard InChI is InChI=1S/C15H24O5/c1-3-5-6-12-8-15(18)20-13(9-16)10-19-14(17)7-11(12)4-2/h3,5,11-13,16H,4,6-10H2,1-2H3. The number of cyclic esters (lactones) is 2. The minimum Gasteiger partial charge on any atom is -0.462 e. The first-order valence-electron chi connectivity index (χ1n) is 7.17. The normalized spacial score (nSPS) is 29.1. The van der Waals surface area contributed by atoms with E-state index in [1.54, 1.807) is 0 Å². The van der Waals surface area contributed by atoms with Crippen LogP contribution in [0.5, 0.6) is 0 Å². The van der Waals surface area contributed by atoms with Gasteiger partial charge >= 0.3 is 11.9 Å². The van der Waals surface area contributed by atoms with E-state index < -0.39 is 6.10 Å². The van der Waals surface area contributed by atoms with E-state index >= 15 is 0 Å². The summed E-state index contributed by atoms with van der Waals surface area (Å²) in [7, 11) is 0. The molecule has 5 heteroatoms. The van der Waals surface area contributed by atoms with Gasteiger partial charge in [0, 0.05) is 12.8 Å². The van der Waals surface area contributed by atoms with Gasteiger partial charge in [0.15, 0.2) is 6.10 Å². The summed E-state index contributed by atoms with van der Waals surface area (Å²) < 4.78 is 10.2. The Morgan fingerprint density at radius 3 is 2.55 bits per heavy atom. The monoisotopic (exact) mass is 284 g/mol. The van der Waals surface area contributed by atoms with Crippen LogP contribution in [-0.2, 0) is 19.1 Å². The summed E-state index contributed by atoms with van der Waals surface area (Å²) in [5.41, 5.74) is 0. The van der Waals surface area contributed by atoms with Crippen LogP contribution >= 0.6 is 0 Å². The van der Waals surface area contributed by atoms with Crippen molar-refractivity contribution in [3.05, 3.63) is 12.2 Å². The van der Waals surface area contributed by atoms with Gasteiger partial charge in [-0.1, -0.05) is 25.5 Å². The summed E-state index contributed by atoms with van der Waals surface area (Å²) in [6.45, 7) is 3.52. The third-order valence-corrected chi connectivity index (χ3v) is 3.66. The number of aliphatic hydroxyl groups excluding tert-OH is 1. The van der Waals surface area contributed by atoms with Crippen LogP contribution in [0.2, 0.25) is 0 Å². The van der Waals surface area contributed by atoms with Gasteiger partial charge in [-0.2, -0.15) is 0 Å². The molecule has 0 aromatic heterocycles. The van der Waals surface area contributed by atoms with Gasteiger partial charge < -0.3 is 14.6 Å². The highest BCUT2D eigenvalue weighted by Gasteiger charge is 2.28. The molecule has 0 spiro atoms. The van der Waals surface area contributed by atoms with Crippen molar-refractivity contribution >= 4 is 11.9 Å². The molecule has 0 amide bonds. The molecule has 0 radical (unpaired) electrons. The molecule has 0 aromatic rings. The Labute approximate surface area is 119 Å². The summed E-state index contributed by atoms with van der Waals surface area (Å²) in [4.78, 5) is 23.7. The average molecular weight is 284 g/mol. The van der Waals surface area contributed by atoms with E-state index in [-0.39, 0.29) is 43.4 Å². The van der Waals surface area contributed by atoms with Gasteiger partial charge in [0.25, 0.3) is 0 Å². The lowest BCUT2D eigenvalue weighted by atomic mass is 9.82. The summed E-state index contributed by atoms with van der Waals surface area (Å²) in [5, 5.41) is 9.10. The lowest BCUT2D eigenvalue weighted by Crippen LogP contribution is -2.33. The van der Waals surface area contributed by atoms with Crippen LogP contribution in [0.4, 0.5) is 0 Å². The summed E-state index contributed by atoms with van der Waals surface area (Å²) in [6.07, 6.45) is 5.31. The number of rotatable bonds is 4. The fourth-order valence-electron chi connectivity index (χ4n) is 2.43. The Morgan fingerprint density at radius 2 is 1.95 bits per heavy atom. The molecule has 1 N–H and O–H groups in total. The van der Waals surface area contributed by atoms with Crippen LogP contribution in [-0.4, -0.2) is 36.4 Å². The average Bonchev–Trinajstić information content (AvgIpc) is 2.44.